The first kappa shape index (κ1) is 6.23. The molecule has 0 heterocycles. The summed E-state index contributed by atoms with van der Waals surface area (Å²) in [5.41, 5.74) is 3.77. The van der Waals surface area contributed by atoms with Gasteiger partial charge in [0.15, 0.2) is 0 Å². The van der Waals surface area contributed by atoms with E-state index < -0.39 is 5.62 Å². The topological polar surface area (TPSA) is 55.5 Å². The van der Waals surface area contributed by atoms with E-state index in [2.05, 4.69) is 17.4 Å². The molecule has 0 aromatic heterocycles. The highest BCUT2D eigenvalue weighted by molar-refractivity contribution is 7.80. The van der Waals surface area contributed by atoms with Crippen LogP contribution in [0, 0.1) is 0 Å². The maximum atomic E-state index is 8.11. The number of thiol groups is 1. The molecule has 3 N–H and O–H groups in total. The maximum Gasteiger partial charge on any atom is 0.202 e. The van der Waals surface area contributed by atoms with Gasteiger partial charge in [0.2, 0.25) is 5.62 Å². The van der Waals surface area contributed by atoms with Crippen LogP contribution in [0.2, 0.25) is 0 Å². The molecule has 38 valence electrons. The monoisotopic (exact) mass is 109 g/mol. The smallest absolute Gasteiger partial charge is 0.202 e. The Balaban J connectivity index is 2.63. The molecular weight excluding hydrogens is 102 g/mol. The Kier molecular flexibility index (Phi) is 3.55. The molecule has 0 fully saturated rings. The fraction of sp³-hybridized carbons (Fsp3) is 1.00. The molecule has 0 radical (unpaired) electrons. The number of ether oxygens (including phenoxy) is 1. The Bertz CT molecular complexity index is 32.7. The molecule has 0 aliphatic rings. The number of nitrogens with two attached hydrogens (primary N) is 1. The van der Waals surface area contributed by atoms with Gasteiger partial charge in [0.1, 0.15) is 0 Å². The second-order valence-electron chi connectivity index (χ2n) is 0.660. The third-order valence-corrected chi connectivity index (χ3v) is 0.394. The van der Waals surface area contributed by atoms with Gasteiger partial charge in [-0.3, -0.25) is 0 Å². The highest BCUT2D eigenvalue weighted by Crippen LogP contribution is 1.85. The molecule has 0 saturated carbocycles. The van der Waals surface area contributed by atoms with E-state index in [4.69, 9.17) is 10.8 Å². The summed E-state index contributed by atoms with van der Waals surface area (Å²) < 4.78 is 4.24. The lowest BCUT2D eigenvalue weighted by atomic mass is 11.3. The van der Waals surface area contributed by atoms with E-state index in [0.29, 0.717) is 0 Å². The molecular formula is C2H7NO2S. The Morgan fingerprint density at radius 1 is 2.00 bits per heavy atom. The van der Waals surface area contributed by atoms with Gasteiger partial charge < -0.3 is 15.6 Å². The first-order valence-corrected chi connectivity index (χ1v) is 1.97. The van der Waals surface area contributed by atoms with Crippen LogP contribution in [0.3, 0.4) is 0 Å². The summed E-state index contributed by atoms with van der Waals surface area (Å²) in [4.78, 5) is 0. The molecule has 0 aromatic carbocycles. The highest BCUT2D eigenvalue weighted by Gasteiger charge is 1.86. The Morgan fingerprint density at radius 3 is 2.50 bits per heavy atom. The Hall–Kier alpha value is 0.230. The standard InChI is InChI=1S/C2H7NO2S/c3-1-5-2(4)6/h2,4,6H,1,3H2. The predicted molar refractivity (Wildman–Crippen MR) is 25.1 cm³/mol. The summed E-state index contributed by atoms with van der Waals surface area (Å²) in [7, 11) is 0. The molecule has 0 saturated heterocycles. The lowest BCUT2D eigenvalue weighted by molar-refractivity contribution is -0.0277. The minimum absolute atomic E-state index is 0.00463. The van der Waals surface area contributed by atoms with E-state index in [9.17, 15) is 0 Å². The van der Waals surface area contributed by atoms with Crippen molar-refractivity contribution in [2.24, 2.45) is 5.73 Å². The first-order chi connectivity index (χ1) is 2.77. The summed E-state index contributed by atoms with van der Waals surface area (Å²) in [5.74, 6) is 0. The predicted octanol–water partition coefficient (Wildman–Crippen LogP) is -0.875. The van der Waals surface area contributed by atoms with Gasteiger partial charge in [-0.05, 0) is 0 Å². The minimum Gasteiger partial charge on any atom is -0.360 e. The molecule has 4 heteroatoms. The van der Waals surface area contributed by atoms with Crippen molar-refractivity contribution in [2.45, 2.75) is 5.62 Å². The first-order valence-electron chi connectivity index (χ1n) is 1.45. The number of hydrogen-bond acceptors (Lipinski definition) is 4. The van der Waals surface area contributed by atoms with E-state index in [1.165, 1.54) is 0 Å². The fourth-order valence-corrected chi connectivity index (χ4v) is 0.172. The van der Waals surface area contributed by atoms with Crippen LogP contribution in [-0.2, 0) is 4.74 Å². The average molecular weight is 109 g/mol. The van der Waals surface area contributed by atoms with Crippen LogP contribution in [0.25, 0.3) is 0 Å². The van der Waals surface area contributed by atoms with Crippen LogP contribution in [-0.4, -0.2) is 17.5 Å². The molecule has 0 spiro atoms. The van der Waals surface area contributed by atoms with Gasteiger partial charge >= 0.3 is 0 Å². The van der Waals surface area contributed by atoms with E-state index in [0.717, 1.165) is 0 Å². The number of aliphatic hydroxyl groups is 1. The summed E-state index contributed by atoms with van der Waals surface area (Å²) in [6.45, 7) is 0.00463. The maximum absolute atomic E-state index is 8.11. The highest BCUT2D eigenvalue weighted by atomic mass is 32.1. The van der Waals surface area contributed by atoms with Gasteiger partial charge in [-0.1, -0.05) is 0 Å². The van der Waals surface area contributed by atoms with Crippen molar-refractivity contribution < 1.29 is 9.84 Å². The van der Waals surface area contributed by atoms with Gasteiger partial charge in [-0.15, -0.1) is 12.6 Å². The molecule has 0 amide bonds. The SMILES string of the molecule is NCOC(O)S. The zero-order valence-electron chi connectivity index (χ0n) is 3.16. The second kappa shape index (κ2) is 3.42. The summed E-state index contributed by atoms with van der Waals surface area (Å²) in [6.07, 6.45) is 0. The molecule has 1 unspecified atom stereocenters. The lowest BCUT2D eigenvalue weighted by Gasteiger charge is -1.98. The van der Waals surface area contributed by atoms with Crippen LogP contribution in [0.1, 0.15) is 0 Å². The van der Waals surface area contributed by atoms with Crippen LogP contribution in [0.15, 0.2) is 0 Å². The van der Waals surface area contributed by atoms with Gasteiger partial charge in [0, 0.05) is 0 Å². The van der Waals surface area contributed by atoms with Crippen molar-refractivity contribution >= 4 is 12.6 Å². The average Bonchev–Trinajstić information content (AvgIpc) is 1.35. The molecule has 0 aliphatic carbocycles. The molecule has 0 aliphatic heterocycles. The second-order valence-corrected chi connectivity index (χ2v) is 1.10. The van der Waals surface area contributed by atoms with E-state index in [-0.39, 0.29) is 6.73 Å². The number of hydrogen-bond donors (Lipinski definition) is 3. The number of rotatable bonds is 2. The van der Waals surface area contributed by atoms with Crippen LogP contribution >= 0.6 is 12.6 Å². The summed E-state index contributed by atoms with van der Waals surface area (Å²) >= 11 is 3.43. The quantitative estimate of drug-likeness (QED) is 0.319. The van der Waals surface area contributed by atoms with Crippen molar-refractivity contribution in [2.75, 3.05) is 6.73 Å². The Morgan fingerprint density at radius 2 is 2.50 bits per heavy atom. The molecule has 0 rings (SSSR count). The third kappa shape index (κ3) is 4.23. The van der Waals surface area contributed by atoms with Crippen LogP contribution < -0.4 is 5.73 Å². The van der Waals surface area contributed by atoms with Crippen LogP contribution in [0.4, 0.5) is 0 Å². The van der Waals surface area contributed by atoms with Crippen molar-refractivity contribution in [1.82, 2.24) is 0 Å². The van der Waals surface area contributed by atoms with Crippen molar-refractivity contribution in [3.05, 3.63) is 0 Å². The fourth-order valence-electron chi connectivity index (χ4n) is 0.0861. The largest absolute Gasteiger partial charge is 0.360 e. The third-order valence-electron chi connectivity index (χ3n) is 0.245. The normalized spacial score (nSPS) is 14.5. The molecule has 1 atom stereocenters. The lowest BCUT2D eigenvalue weighted by Crippen LogP contribution is -2.10. The summed E-state index contributed by atoms with van der Waals surface area (Å²) in [6, 6.07) is 0. The van der Waals surface area contributed by atoms with E-state index >= 15 is 0 Å². The van der Waals surface area contributed by atoms with Crippen molar-refractivity contribution in [3.63, 3.8) is 0 Å². The van der Waals surface area contributed by atoms with E-state index in [1.54, 1.807) is 0 Å². The molecule has 3 nitrogen and oxygen atoms in total. The molecule has 0 bridgehead atoms. The minimum atomic E-state index is -1.03. The zero-order valence-corrected chi connectivity index (χ0v) is 4.06. The van der Waals surface area contributed by atoms with Gasteiger partial charge in [-0.25, -0.2) is 0 Å². The zero-order chi connectivity index (χ0) is 4.99. The van der Waals surface area contributed by atoms with E-state index in [1.807, 2.05) is 0 Å². The van der Waals surface area contributed by atoms with Crippen molar-refractivity contribution in [3.8, 4) is 0 Å². The van der Waals surface area contributed by atoms with Gasteiger partial charge in [0.25, 0.3) is 0 Å². The van der Waals surface area contributed by atoms with Gasteiger partial charge in [0.05, 0.1) is 6.73 Å². The Labute approximate surface area is 41.5 Å². The molecule has 0 aromatic rings. The summed E-state index contributed by atoms with van der Waals surface area (Å²) in [5, 5.41) is 8.11. The number of aliphatic hydroxyl groups excluding tert-OH is 1. The van der Waals surface area contributed by atoms with Crippen LogP contribution in [0.5, 0.6) is 0 Å². The van der Waals surface area contributed by atoms with Crippen molar-refractivity contribution in [1.29, 1.82) is 0 Å². The molecule has 6 heavy (non-hydrogen) atoms. The van der Waals surface area contributed by atoms with Gasteiger partial charge in [-0.2, -0.15) is 0 Å².